The van der Waals surface area contributed by atoms with Gasteiger partial charge in [0.2, 0.25) is 5.91 Å². The maximum absolute atomic E-state index is 12.9. The first-order chi connectivity index (χ1) is 8.40. The third-order valence-electron chi connectivity index (χ3n) is 2.14. The van der Waals surface area contributed by atoms with Crippen molar-refractivity contribution in [3.63, 3.8) is 0 Å². The molecule has 6 heteroatoms. The topological polar surface area (TPSA) is 41.1 Å². The fourth-order valence-corrected chi connectivity index (χ4v) is 1.22. The second-order valence-electron chi connectivity index (χ2n) is 4.31. The highest BCUT2D eigenvalue weighted by Crippen LogP contribution is 2.16. The predicted molar refractivity (Wildman–Crippen MR) is 62.7 cm³/mol. The van der Waals surface area contributed by atoms with E-state index in [4.69, 9.17) is 0 Å². The molecule has 0 bridgehead atoms. The standard InChI is InChI=1S/C12H15F3N2O/c1-7(2)5-17-11(18)6-16-8-3-9(13)12(15)10(14)4-8/h3-4,7,16H,5-6H2,1-2H3,(H,17,18). The zero-order valence-corrected chi connectivity index (χ0v) is 10.2. The van der Waals surface area contributed by atoms with E-state index in [0.29, 0.717) is 12.5 Å². The lowest BCUT2D eigenvalue weighted by Crippen LogP contribution is -2.32. The Morgan fingerprint density at radius 3 is 2.28 bits per heavy atom. The summed E-state index contributed by atoms with van der Waals surface area (Å²) in [6.45, 7) is 4.28. The van der Waals surface area contributed by atoms with Gasteiger partial charge in [0.05, 0.1) is 6.54 Å². The summed E-state index contributed by atoms with van der Waals surface area (Å²) in [6, 6.07) is 1.60. The Hall–Kier alpha value is -1.72. The van der Waals surface area contributed by atoms with Gasteiger partial charge in [0, 0.05) is 24.4 Å². The smallest absolute Gasteiger partial charge is 0.239 e. The van der Waals surface area contributed by atoms with Crippen LogP contribution in [0.5, 0.6) is 0 Å². The van der Waals surface area contributed by atoms with Crippen LogP contribution < -0.4 is 10.6 Å². The van der Waals surface area contributed by atoms with Crippen LogP contribution in [0, 0.1) is 23.4 Å². The van der Waals surface area contributed by atoms with E-state index in [1.54, 1.807) is 0 Å². The number of carbonyl (C=O) groups is 1. The maximum Gasteiger partial charge on any atom is 0.239 e. The molecule has 1 aromatic rings. The number of hydrogen-bond donors (Lipinski definition) is 2. The fourth-order valence-electron chi connectivity index (χ4n) is 1.22. The number of benzene rings is 1. The molecule has 1 aromatic carbocycles. The van der Waals surface area contributed by atoms with Gasteiger partial charge in [0.15, 0.2) is 17.5 Å². The van der Waals surface area contributed by atoms with Crippen LogP contribution in [-0.4, -0.2) is 19.0 Å². The van der Waals surface area contributed by atoms with Gasteiger partial charge in [-0.15, -0.1) is 0 Å². The number of anilines is 1. The van der Waals surface area contributed by atoms with Crippen LogP contribution in [0.2, 0.25) is 0 Å². The number of rotatable bonds is 5. The zero-order valence-electron chi connectivity index (χ0n) is 10.2. The molecule has 0 saturated carbocycles. The molecule has 0 heterocycles. The first-order valence-corrected chi connectivity index (χ1v) is 5.55. The first kappa shape index (κ1) is 14.3. The van der Waals surface area contributed by atoms with Crippen molar-refractivity contribution in [2.24, 2.45) is 5.92 Å². The summed E-state index contributed by atoms with van der Waals surface area (Å²) in [5.41, 5.74) is 0.0195. The lowest BCUT2D eigenvalue weighted by molar-refractivity contribution is -0.119. The highest BCUT2D eigenvalue weighted by molar-refractivity contribution is 5.80. The van der Waals surface area contributed by atoms with Crippen molar-refractivity contribution in [3.8, 4) is 0 Å². The summed E-state index contributed by atoms with van der Waals surface area (Å²) in [5, 5.41) is 5.15. The van der Waals surface area contributed by atoms with Crippen molar-refractivity contribution in [2.45, 2.75) is 13.8 Å². The molecular formula is C12H15F3N2O. The minimum absolute atomic E-state index is 0.0195. The fraction of sp³-hybridized carbons (Fsp3) is 0.417. The van der Waals surface area contributed by atoms with Crippen LogP contribution in [-0.2, 0) is 4.79 Å². The molecule has 0 unspecified atom stereocenters. The summed E-state index contributed by atoms with van der Waals surface area (Å²) in [7, 11) is 0. The Balaban J connectivity index is 2.51. The van der Waals surface area contributed by atoms with Crippen LogP contribution in [0.1, 0.15) is 13.8 Å². The van der Waals surface area contributed by atoms with Gasteiger partial charge in [-0.25, -0.2) is 13.2 Å². The molecule has 2 N–H and O–H groups in total. The molecule has 0 aromatic heterocycles. The number of halogens is 3. The third-order valence-corrected chi connectivity index (χ3v) is 2.14. The molecule has 0 aliphatic rings. The first-order valence-electron chi connectivity index (χ1n) is 5.55. The molecule has 1 rings (SSSR count). The normalized spacial score (nSPS) is 10.6. The van der Waals surface area contributed by atoms with E-state index in [0.717, 1.165) is 12.1 Å². The largest absolute Gasteiger partial charge is 0.376 e. The molecule has 3 nitrogen and oxygen atoms in total. The molecule has 100 valence electrons. The number of carbonyl (C=O) groups excluding carboxylic acids is 1. The van der Waals surface area contributed by atoms with Gasteiger partial charge in [0.1, 0.15) is 0 Å². The Kier molecular flexibility index (Phi) is 5.00. The summed E-state index contributed by atoms with van der Waals surface area (Å²) < 4.78 is 38.4. The Labute approximate surface area is 103 Å². The van der Waals surface area contributed by atoms with Crippen LogP contribution in [0.3, 0.4) is 0 Å². The lowest BCUT2D eigenvalue weighted by atomic mass is 10.2. The Morgan fingerprint density at radius 1 is 1.22 bits per heavy atom. The van der Waals surface area contributed by atoms with E-state index in [9.17, 15) is 18.0 Å². The highest BCUT2D eigenvalue weighted by atomic mass is 19.2. The van der Waals surface area contributed by atoms with E-state index < -0.39 is 17.5 Å². The molecule has 0 radical (unpaired) electrons. The second kappa shape index (κ2) is 6.28. The van der Waals surface area contributed by atoms with Gasteiger partial charge in [-0.2, -0.15) is 0 Å². The highest BCUT2D eigenvalue weighted by Gasteiger charge is 2.11. The summed E-state index contributed by atoms with van der Waals surface area (Å²) >= 11 is 0. The molecule has 0 fully saturated rings. The summed E-state index contributed by atoms with van der Waals surface area (Å²) in [5.74, 6) is -4.09. The van der Waals surface area contributed by atoms with E-state index in [1.165, 1.54) is 0 Å². The van der Waals surface area contributed by atoms with Gasteiger partial charge < -0.3 is 10.6 Å². The van der Waals surface area contributed by atoms with Gasteiger partial charge in [-0.1, -0.05) is 13.8 Å². The SMILES string of the molecule is CC(C)CNC(=O)CNc1cc(F)c(F)c(F)c1. The van der Waals surface area contributed by atoms with E-state index in [1.807, 2.05) is 13.8 Å². The Bertz CT molecular complexity index is 412. The minimum atomic E-state index is -1.52. The summed E-state index contributed by atoms with van der Waals surface area (Å²) in [6.07, 6.45) is 0. The van der Waals surface area contributed by atoms with Crippen LogP contribution in [0.4, 0.5) is 18.9 Å². The minimum Gasteiger partial charge on any atom is -0.376 e. The van der Waals surface area contributed by atoms with Crippen molar-refractivity contribution in [1.82, 2.24) is 5.32 Å². The predicted octanol–water partition coefficient (Wildman–Crippen LogP) is 2.29. The monoisotopic (exact) mass is 260 g/mol. The van der Waals surface area contributed by atoms with Gasteiger partial charge in [-0.05, 0) is 5.92 Å². The second-order valence-corrected chi connectivity index (χ2v) is 4.31. The quantitative estimate of drug-likeness (QED) is 0.797. The lowest BCUT2D eigenvalue weighted by Gasteiger charge is -2.09. The average molecular weight is 260 g/mol. The van der Waals surface area contributed by atoms with Crippen molar-refractivity contribution >= 4 is 11.6 Å². The molecule has 0 spiro atoms. The summed E-state index contributed by atoms with van der Waals surface area (Å²) in [4.78, 5) is 11.3. The van der Waals surface area contributed by atoms with Crippen LogP contribution in [0.25, 0.3) is 0 Å². The molecule has 0 saturated heterocycles. The average Bonchev–Trinajstić information content (AvgIpc) is 2.30. The number of nitrogens with one attached hydrogen (secondary N) is 2. The van der Waals surface area contributed by atoms with E-state index >= 15 is 0 Å². The molecular weight excluding hydrogens is 245 g/mol. The molecule has 0 aliphatic heterocycles. The third kappa shape index (κ3) is 4.27. The number of hydrogen-bond acceptors (Lipinski definition) is 2. The Morgan fingerprint density at radius 2 is 1.78 bits per heavy atom. The van der Waals surface area contributed by atoms with E-state index in [-0.39, 0.29) is 18.1 Å². The molecule has 18 heavy (non-hydrogen) atoms. The van der Waals surface area contributed by atoms with Crippen molar-refractivity contribution in [3.05, 3.63) is 29.6 Å². The van der Waals surface area contributed by atoms with Crippen LogP contribution in [0.15, 0.2) is 12.1 Å². The van der Waals surface area contributed by atoms with Gasteiger partial charge in [-0.3, -0.25) is 4.79 Å². The van der Waals surface area contributed by atoms with Crippen molar-refractivity contribution in [2.75, 3.05) is 18.4 Å². The molecule has 0 atom stereocenters. The van der Waals surface area contributed by atoms with E-state index in [2.05, 4.69) is 10.6 Å². The van der Waals surface area contributed by atoms with Crippen molar-refractivity contribution in [1.29, 1.82) is 0 Å². The van der Waals surface area contributed by atoms with Gasteiger partial charge >= 0.3 is 0 Å². The number of amides is 1. The van der Waals surface area contributed by atoms with Crippen LogP contribution >= 0.6 is 0 Å². The molecule has 1 amide bonds. The molecule has 0 aliphatic carbocycles. The van der Waals surface area contributed by atoms with Gasteiger partial charge in [0.25, 0.3) is 0 Å². The zero-order chi connectivity index (χ0) is 13.7. The maximum atomic E-state index is 12.9. The van der Waals surface area contributed by atoms with Crippen molar-refractivity contribution < 1.29 is 18.0 Å².